The molecule has 0 unspecified atom stereocenters. The van der Waals surface area contributed by atoms with Crippen LogP contribution in [-0.4, -0.2) is 53.3 Å². The predicted molar refractivity (Wildman–Crippen MR) is 81.7 cm³/mol. The number of phenolic OH excluding ortho intramolecular Hbond substituents is 1. The Morgan fingerprint density at radius 1 is 1.38 bits per heavy atom. The van der Waals surface area contributed by atoms with E-state index in [0.29, 0.717) is 11.6 Å². The van der Waals surface area contributed by atoms with Crippen molar-refractivity contribution in [2.75, 3.05) is 26.2 Å². The quantitative estimate of drug-likeness (QED) is 0.723. The number of nitrogens with one attached hydrogen (secondary N) is 1. The summed E-state index contributed by atoms with van der Waals surface area (Å²) >= 11 is 5.73. The number of carbonyl (C=O) groups is 1. The molecule has 0 aromatic heterocycles. The van der Waals surface area contributed by atoms with E-state index in [-0.39, 0.29) is 23.3 Å². The number of nitrogens with zero attached hydrogens (tertiary/aromatic N) is 1. The third kappa shape index (κ3) is 4.88. The highest BCUT2D eigenvalue weighted by Crippen LogP contribution is 2.21. The highest BCUT2D eigenvalue weighted by atomic mass is 35.5. The third-order valence-corrected chi connectivity index (χ3v) is 3.93. The Hall–Kier alpha value is -1.30. The second-order valence-electron chi connectivity index (χ2n) is 5.34. The molecular weight excluding hydrogens is 292 g/mol. The van der Waals surface area contributed by atoms with Crippen LogP contribution < -0.4 is 5.32 Å². The molecule has 116 valence electrons. The fraction of sp³-hybridized carbons (Fsp3) is 0.533. The Balaban J connectivity index is 1.69. The number of carbonyl (C=O) groups excluding carboxylic acids is 1. The first-order valence-corrected chi connectivity index (χ1v) is 7.61. The lowest BCUT2D eigenvalue weighted by Gasteiger charge is -2.29. The van der Waals surface area contributed by atoms with Gasteiger partial charge in [-0.1, -0.05) is 11.6 Å². The first kappa shape index (κ1) is 16.1. The van der Waals surface area contributed by atoms with Gasteiger partial charge in [-0.2, -0.15) is 0 Å². The van der Waals surface area contributed by atoms with Gasteiger partial charge >= 0.3 is 0 Å². The maximum atomic E-state index is 11.9. The molecule has 1 saturated heterocycles. The normalized spacial score (nSPS) is 16.9. The van der Waals surface area contributed by atoms with Gasteiger partial charge in [-0.15, -0.1) is 0 Å². The number of aliphatic hydroxyl groups excluding tert-OH is 1. The van der Waals surface area contributed by atoms with E-state index in [4.69, 9.17) is 11.6 Å². The molecule has 2 rings (SSSR count). The van der Waals surface area contributed by atoms with Gasteiger partial charge in [-0.3, -0.25) is 4.79 Å². The van der Waals surface area contributed by atoms with E-state index in [0.717, 1.165) is 38.9 Å². The van der Waals surface area contributed by atoms with E-state index in [9.17, 15) is 15.0 Å². The zero-order valence-electron chi connectivity index (χ0n) is 11.9. The van der Waals surface area contributed by atoms with Gasteiger partial charge in [0.2, 0.25) is 0 Å². The molecule has 6 heteroatoms. The summed E-state index contributed by atoms with van der Waals surface area (Å²) in [6.45, 7) is 3.28. The van der Waals surface area contributed by atoms with Crippen LogP contribution in [0.4, 0.5) is 0 Å². The molecule has 1 heterocycles. The maximum Gasteiger partial charge on any atom is 0.255 e. The summed E-state index contributed by atoms with van der Waals surface area (Å²) in [4.78, 5) is 14.2. The second-order valence-corrected chi connectivity index (χ2v) is 5.78. The maximum absolute atomic E-state index is 11.9. The van der Waals surface area contributed by atoms with Crippen LogP contribution in [-0.2, 0) is 0 Å². The topological polar surface area (TPSA) is 72.8 Å². The number of aromatic hydroxyl groups is 1. The molecule has 1 aliphatic rings. The molecule has 0 spiro atoms. The Labute approximate surface area is 129 Å². The molecule has 1 aromatic carbocycles. The average Bonchev–Trinajstić information content (AvgIpc) is 2.45. The molecule has 5 nitrogen and oxygen atoms in total. The fourth-order valence-corrected chi connectivity index (χ4v) is 2.61. The standard InChI is InChI=1S/C15H21ClN2O3/c16-11-2-3-13(14(20)10-11)15(21)17-6-1-7-18-8-4-12(19)5-9-18/h2-3,10,12,19-20H,1,4-9H2,(H,17,21). The van der Waals surface area contributed by atoms with Crippen molar-refractivity contribution < 1.29 is 15.0 Å². The predicted octanol–water partition coefficient (Wildman–Crippen LogP) is 1.62. The van der Waals surface area contributed by atoms with Crippen LogP contribution >= 0.6 is 11.6 Å². The van der Waals surface area contributed by atoms with Gasteiger partial charge in [0.15, 0.2) is 0 Å². The van der Waals surface area contributed by atoms with Crippen molar-refractivity contribution >= 4 is 17.5 Å². The number of benzene rings is 1. The van der Waals surface area contributed by atoms with Gasteiger partial charge in [0.1, 0.15) is 5.75 Å². The van der Waals surface area contributed by atoms with Crippen molar-refractivity contribution in [2.24, 2.45) is 0 Å². The molecule has 0 atom stereocenters. The Morgan fingerprint density at radius 2 is 2.10 bits per heavy atom. The van der Waals surface area contributed by atoms with Crippen LogP contribution in [0.2, 0.25) is 5.02 Å². The van der Waals surface area contributed by atoms with Crippen LogP contribution in [0, 0.1) is 0 Å². The molecular formula is C15H21ClN2O3. The lowest BCUT2D eigenvalue weighted by Crippen LogP contribution is -2.37. The molecule has 1 aliphatic heterocycles. The summed E-state index contributed by atoms with van der Waals surface area (Å²) in [6, 6.07) is 4.45. The third-order valence-electron chi connectivity index (χ3n) is 3.70. The summed E-state index contributed by atoms with van der Waals surface area (Å²) in [5.41, 5.74) is 0.237. The van der Waals surface area contributed by atoms with E-state index < -0.39 is 0 Å². The van der Waals surface area contributed by atoms with Crippen molar-refractivity contribution in [3.05, 3.63) is 28.8 Å². The van der Waals surface area contributed by atoms with Crippen LogP contribution in [0.15, 0.2) is 18.2 Å². The largest absolute Gasteiger partial charge is 0.507 e. The van der Waals surface area contributed by atoms with Crippen molar-refractivity contribution in [3.63, 3.8) is 0 Å². The van der Waals surface area contributed by atoms with Gasteiger partial charge in [0, 0.05) is 24.7 Å². The van der Waals surface area contributed by atoms with Crippen LogP contribution in [0.3, 0.4) is 0 Å². The van der Waals surface area contributed by atoms with E-state index in [1.54, 1.807) is 6.07 Å². The van der Waals surface area contributed by atoms with E-state index >= 15 is 0 Å². The molecule has 1 fully saturated rings. The Morgan fingerprint density at radius 3 is 2.76 bits per heavy atom. The Kier molecular flexibility index (Phi) is 5.85. The fourth-order valence-electron chi connectivity index (χ4n) is 2.44. The number of hydrogen-bond acceptors (Lipinski definition) is 4. The molecule has 3 N–H and O–H groups in total. The monoisotopic (exact) mass is 312 g/mol. The molecule has 0 saturated carbocycles. The summed E-state index contributed by atoms with van der Waals surface area (Å²) in [6.07, 6.45) is 2.33. The van der Waals surface area contributed by atoms with Gasteiger partial charge < -0.3 is 20.4 Å². The number of rotatable bonds is 5. The van der Waals surface area contributed by atoms with Gasteiger partial charge in [0.25, 0.3) is 5.91 Å². The van der Waals surface area contributed by atoms with E-state index in [1.807, 2.05) is 0 Å². The number of halogens is 1. The second kappa shape index (κ2) is 7.64. The molecule has 1 amide bonds. The van der Waals surface area contributed by atoms with Crippen molar-refractivity contribution in [1.82, 2.24) is 10.2 Å². The van der Waals surface area contributed by atoms with Crippen LogP contribution in [0.5, 0.6) is 5.75 Å². The minimum absolute atomic E-state index is 0.106. The van der Waals surface area contributed by atoms with Crippen LogP contribution in [0.25, 0.3) is 0 Å². The Bertz CT molecular complexity index is 488. The highest BCUT2D eigenvalue weighted by Gasteiger charge is 2.16. The summed E-state index contributed by atoms with van der Waals surface area (Å²) in [5, 5.41) is 22.3. The number of hydrogen-bond donors (Lipinski definition) is 3. The zero-order chi connectivity index (χ0) is 15.2. The minimum Gasteiger partial charge on any atom is -0.507 e. The highest BCUT2D eigenvalue weighted by molar-refractivity contribution is 6.30. The zero-order valence-corrected chi connectivity index (χ0v) is 12.6. The molecule has 0 radical (unpaired) electrons. The van der Waals surface area contributed by atoms with E-state index in [2.05, 4.69) is 10.2 Å². The number of aliphatic hydroxyl groups is 1. The van der Waals surface area contributed by atoms with Gasteiger partial charge in [0.05, 0.1) is 11.7 Å². The first-order valence-electron chi connectivity index (χ1n) is 7.23. The minimum atomic E-state index is -0.293. The molecule has 0 bridgehead atoms. The molecule has 0 aliphatic carbocycles. The number of likely N-dealkylation sites (tertiary alicyclic amines) is 1. The number of phenols is 1. The van der Waals surface area contributed by atoms with Gasteiger partial charge in [-0.05, 0) is 44.0 Å². The van der Waals surface area contributed by atoms with Crippen molar-refractivity contribution in [2.45, 2.75) is 25.4 Å². The number of amides is 1. The van der Waals surface area contributed by atoms with Gasteiger partial charge in [-0.25, -0.2) is 0 Å². The number of piperidine rings is 1. The van der Waals surface area contributed by atoms with E-state index in [1.165, 1.54) is 12.1 Å². The lowest BCUT2D eigenvalue weighted by atomic mass is 10.1. The average molecular weight is 313 g/mol. The van der Waals surface area contributed by atoms with Crippen LogP contribution in [0.1, 0.15) is 29.6 Å². The van der Waals surface area contributed by atoms with Crippen molar-refractivity contribution in [3.8, 4) is 5.75 Å². The summed E-state index contributed by atoms with van der Waals surface area (Å²) in [5.74, 6) is -0.400. The summed E-state index contributed by atoms with van der Waals surface area (Å²) in [7, 11) is 0. The molecule has 1 aromatic rings. The molecule has 21 heavy (non-hydrogen) atoms. The summed E-state index contributed by atoms with van der Waals surface area (Å²) < 4.78 is 0. The first-order chi connectivity index (χ1) is 10.1. The lowest BCUT2D eigenvalue weighted by molar-refractivity contribution is 0.0816. The van der Waals surface area contributed by atoms with Crippen molar-refractivity contribution in [1.29, 1.82) is 0 Å². The smallest absolute Gasteiger partial charge is 0.255 e. The SMILES string of the molecule is O=C(NCCCN1CCC(O)CC1)c1ccc(Cl)cc1O.